The molecule has 0 bridgehead atoms. The van der Waals surface area contributed by atoms with Gasteiger partial charge in [0.15, 0.2) is 0 Å². The highest BCUT2D eigenvalue weighted by molar-refractivity contribution is 5.35. The van der Waals surface area contributed by atoms with E-state index >= 15 is 0 Å². The average molecular weight is 191 g/mol. The van der Waals surface area contributed by atoms with Gasteiger partial charge in [-0.2, -0.15) is 0 Å². The van der Waals surface area contributed by atoms with Gasteiger partial charge in [0.1, 0.15) is 5.75 Å². The number of aryl methyl sites for hydroxylation is 1. The molecule has 76 valence electrons. The summed E-state index contributed by atoms with van der Waals surface area (Å²) >= 11 is 0. The van der Waals surface area contributed by atoms with E-state index < -0.39 is 0 Å². The summed E-state index contributed by atoms with van der Waals surface area (Å²) < 4.78 is 5.23. The molecule has 0 radical (unpaired) electrons. The molecular formula is C12H17NO. The van der Waals surface area contributed by atoms with Crippen molar-refractivity contribution in [2.24, 2.45) is 5.73 Å². The van der Waals surface area contributed by atoms with Crippen LogP contribution in [0, 0.1) is 6.92 Å². The van der Waals surface area contributed by atoms with E-state index in [1.807, 2.05) is 6.07 Å². The molecule has 1 saturated carbocycles. The molecule has 1 aromatic carbocycles. The Labute approximate surface area is 85.1 Å². The second kappa shape index (κ2) is 3.28. The van der Waals surface area contributed by atoms with Crippen LogP contribution in [0.15, 0.2) is 18.2 Å². The lowest BCUT2D eigenvalue weighted by Gasteiger charge is -2.10. The van der Waals surface area contributed by atoms with Gasteiger partial charge in [-0.05, 0) is 49.4 Å². The Bertz CT molecular complexity index is 342. The van der Waals surface area contributed by atoms with Gasteiger partial charge in [-0.15, -0.1) is 0 Å². The molecule has 0 heterocycles. The molecule has 0 aromatic heterocycles. The van der Waals surface area contributed by atoms with Crippen LogP contribution >= 0.6 is 0 Å². The fourth-order valence-corrected chi connectivity index (χ4v) is 1.79. The van der Waals surface area contributed by atoms with Crippen molar-refractivity contribution in [3.8, 4) is 5.75 Å². The van der Waals surface area contributed by atoms with Crippen LogP contribution in [0.2, 0.25) is 0 Å². The first-order valence-corrected chi connectivity index (χ1v) is 5.05. The van der Waals surface area contributed by atoms with E-state index in [0.29, 0.717) is 0 Å². The Morgan fingerprint density at radius 2 is 2.07 bits per heavy atom. The highest BCUT2D eigenvalue weighted by Crippen LogP contribution is 2.36. The van der Waals surface area contributed by atoms with Crippen molar-refractivity contribution in [2.75, 3.05) is 7.11 Å². The minimum atomic E-state index is 0.0821. The maximum atomic E-state index is 6.08. The van der Waals surface area contributed by atoms with Gasteiger partial charge in [0.25, 0.3) is 0 Å². The van der Waals surface area contributed by atoms with Gasteiger partial charge in [-0.3, -0.25) is 0 Å². The van der Waals surface area contributed by atoms with E-state index in [-0.39, 0.29) is 5.54 Å². The van der Waals surface area contributed by atoms with Crippen LogP contribution in [0.5, 0.6) is 5.75 Å². The van der Waals surface area contributed by atoms with E-state index in [1.165, 1.54) is 11.1 Å². The largest absolute Gasteiger partial charge is 0.497 e. The molecule has 0 atom stereocenters. The minimum absolute atomic E-state index is 0.0821. The molecule has 2 N–H and O–H groups in total. The summed E-state index contributed by atoms with van der Waals surface area (Å²) in [6, 6.07) is 6.31. The number of benzene rings is 1. The number of nitrogens with two attached hydrogens (primary N) is 1. The normalized spacial score (nSPS) is 17.9. The van der Waals surface area contributed by atoms with Crippen LogP contribution in [0.25, 0.3) is 0 Å². The van der Waals surface area contributed by atoms with Gasteiger partial charge in [0.05, 0.1) is 7.11 Å². The molecule has 0 spiro atoms. The van der Waals surface area contributed by atoms with Crippen LogP contribution < -0.4 is 10.5 Å². The summed E-state index contributed by atoms with van der Waals surface area (Å²) in [6.45, 7) is 2.09. The molecule has 14 heavy (non-hydrogen) atoms. The number of rotatable bonds is 3. The predicted molar refractivity (Wildman–Crippen MR) is 57.6 cm³/mol. The Morgan fingerprint density at radius 3 is 2.64 bits per heavy atom. The third kappa shape index (κ3) is 2.07. The molecular weight excluding hydrogens is 174 g/mol. The van der Waals surface area contributed by atoms with Crippen molar-refractivity contribution in [1.29, 1.82) is 0 Å². The van der Waals surface area contributed by atoms with Crippen molar-refractivity contribution in [3.05, 3.63) is 29.3 Å². The first-order valence-electron chi connectivity index (χ1n) is 5.05. The smallest absolute Gasteiger partial charge is 0.119 e. The molecule has 1 aliphatic rings. The molecule has 1 aliphatic carbocycles. The Hall–Kier alpha value is -1.02. The molecule has 0 aliphatic heterocycles. The third-order valence-corrected chi connectivity index (χ3v) is 2.79. The van der Waals surface area contributed by atoms with E-state index in [0.717, 1.165) is 25.0 Å². The van der Waals surface area contributed by atoms with Gasteiger partial charge >= 0.3 is 0 Å². The lowest BCUT2D eigenvalue weighted by Crippen LogP contribution is -2.24. The molecule has 2 nitrogen and oxygen atoms in total. The third-order valence-electron chi connectivity index (χ3n) is 2.79. The number of methoxy groups -OCH3 is 1. The summed E-state index contributed by atoms with van der Waals surface area (Å²) in [7, 11) is 1.70. The van der Waals surface area contributed by atoms with E-state index in [9.17, 15) is 0 Å². The molecule has 1 fully saturated rings. The highest BCUT2D eigenvalue weighted by Gasteiger charge is 2.37. The van der Waals surface area contributed by atoms with E-state index in [1.54, 1.807) is 7.11 Å². The topological polar surface area (TPSA) is 35.2 Å². The summed E-state index contributed by atoms with van der Waals surface area (Å²) in [4.78, 5) is 0. The highest BCUT2D eigenvalue weighted by atomic mass is 16.5. The standard InChI is InChI=1S/C12H17NO/c1-9-5-10(7-11(6-9)14-2)8-12(13)3-4-12/h5-7H,3-4,8,13H2,1-2H3. The van der Waals surface area contributed by atoms with Crippen molar-refractivity contribution >= 4 is 0 Å². The molecule has 2 heteroatoms. The summed E-state index contributed by atoms with van der Waals surface area (Å²) in [5, 5.41) is 0. The van der Waals surface area contributed by atoms with Crippen LogP contribution in [-0.2, 0) is 6.42 Å². The van der Waals surface area contributed by atoms with Crippen molar-refractivity contribution in [1.82, 2.24) is 0 Å². The number of hydrogen-bond donors (Lipinski definition) is 1. The van der Waals surface area contributed by atoms with Gasteiger partial charge in [0.2, 0.25) is 0 Å². The zero-order valence-corrected chi connectivity index (χ0v) is 8.84. The summed E-state index contributed by atoms with van der Waals surface area (Å²) in [5.74, 6) is 0.934. The van der Waals surface area contributed by atoms with Crippen molar-refractivity contribution < 1.29 is 4.74 Å². The molecule has 0 saturated heterocycles. The molecule has 2 rings (SSSR count). The Balaban J connectivity index is 2.20. The maximum absolute atomic E-state index is 6.08. The van der Waals surface area contributed by atoms with Crippen molar-refractivity contribution in [3.63, 3.8) is 0 Å². The van der Waals surface area contributed by atoms with Crippen molar-refractivity contribution in [2.45, 2.75) is 31.7 Å². The number of ether oxygens (including phenoxy) is 1. The molecule has 1 aromatic rings. The van der Waals surface area contributed by atoms with E-state index in [2.05, 4.69) is 19.1 Å². The van der Waals surface area contributed by atoms with Gasteiger partial charge in [0, 0.05) is 5.54 Å². The fraction of sp³-hybridized carbons (Fsp3) is 0.500. The van der Waals surface area contributed by atoms with Crippen LogP contribution in [-0.4, -0.2) is 12.6 Å². The second-order valence-electron chi connectivity index (χ2n) is 4.40. The Kier molecular flexibility index (Phi) is 2.23. The van der Waals surface area contributed by atoms with Gasteiger partial charge in [-0.1, -0.05) is 6.07 Å². The quantitative estimate of drug-likeness (QED) is 0.793. The minimum Gasteiger partial charge on any atom is -0.497 e. The maximum Gasteiger partial charge on any atom is 0.119 e. The zero-order valence-electron chi connectivity index (χ0n) is 8.84. The van der Waals surface area contributed by atoms with Crippen LogP contribution in [0.3, 0.4) is 0 Å². The average Bonchev–Trinajstić information content (AvgIpc) is 2.82. The molecule has 0 unspecified atom stereocenters. The fourth-order valence-electron chi connectivity index (χ4n) is 1.79. The lowest BCUT2D eigenvalue weighted by atomic mass is 10.0. The number of hydrogen-bond acceptors (Lipinski definition) is 2. The summed E-state index contributed by atoms with van der Waals surface area (Å²) in [6.07, 6.45) is 3.29. The predicted octanol–water partition coefficient (Wildman–Crippen LogP) is 2.04. The first-order chi connectivity index (χ1) is 6.61. The monoisotopic (exact) mass is 191 g/mol. The Morgan fingerprint density at radius 1 is 1.36 bits per heavy atom. The first kappa shape index (κ1) is 9.53. The van der Waals surface area contributed by atoms with E-state index in [4.69, 9.17) is 10.5 Å². The van der Waals surface area contributed by atoms with Crippen LogP contribution in [0.1, 0.15) is 24.0 Å². The lowest BCUT2D eigenvalue weighted by molar-refractivity contribution is 0.413. The zero-order chi connectivity index (χ0) is 10.2. The summed E-state index contributed by atoms with van der Waals surface area (Å²) in [5.41, 5.74) is 8.69. The second-order valence-corrected chi connectivity index (χ2v) is 4.40. The SMILES string of the molecule is COc1cc(C)cc(CC2(N)CC2)c1. The van der Waals surface area contributed by atoms with Crippen LogP contribution in [0.4, 0.5) is 0 Å². The van der Waals surface area contributed by atoms with Gasteiger partial charge in [-0.25, -0.2) is 0 Å². The van der Waals surface area contributed by atoms with Gasteiger partial charge < -0.3 is 10.5 Å². The molecule has 0 amide bonds.